The molecule has 0 unspecified atom stereocenters. The number of carbonyl (C=O) groups is 3. The Bertz CT molecular complexity index is 925. The Morgan fingerprint density at radius 3 is 1.02 bits per heavy atom. The molecule has 0 bridgehead atoms. The van der Waals surface area contributed by atoms with Gasteiger partial charge in [0, 0.05) is 24.6 Å². The summed E-state index contributed by atoms with van der Waals surface area (Å²) in [4.78, 5) is 37.4. The number of allylic oxidation sites excluding steroid dienone is 8. The van der Waals surface area contributed by atoms with Crippen LogP contribution in [-0.2, 0) is 28.6 Å². The van der Waals surface area contributed by atoms with Crippen molar-refractivity contribution >= 4 is 33.8 Å². The summed E-state index contributed by atoms with van der Waals surface area (Å²) in [5, 5.41) is 1.01. The molecule has 0 aliphatic carbocycles. The lowest BCUT2D eigenvalue weighted by atomic mass is 10.1. The lowest BCUT2D eigenvalue weighted by Crippen LogP contribution is -2.26. The van der Waals surface area contributed by atoms with Crippen LogP contribution in [0.4, 0.5) is 0 Å². The van der Waals surface area contributed by atoms with Crippen LogP contribution in [0.1, 0.15) is 206 Å². The van der Waals surface area contributed by atoms with Gasteiger partial charge in [0.05, 0.1) is 5.92 Å². The normalized spacial score (nSPS) is 11.9. The monoisotopic (exact) mass is 835 g/mol. The summed E-state index contributed by atoms with van der Waals surface area (Å²) in [6.07, 6.45) is 49.4. The van der Waals surface area contributed by atoms with Gasteiger partial charge in [0.25, 0.3) is 0 Å². The number of esters is 3. The Balaban J connectivity index is 4.30. The second-order valence-electron chi connectivity index (χ2n) is 15.1. The van der Waals surface area contributed by atoms with Crippen molar-refractivity contribution in [2.24, 2.45) is 5.92 Å². The number of ether oxygens (including phenoxy) is 3. The molecule has 0 saturated heterocycles. The second kappa shape index (κ2) is 44.6. The molecule has 0 aromatic carbocycles. The fourth-order valence-corrected chi connectivity index (χ4v) is 6.45. The van der Waals surface area contributed by atoms with Crippen LogP contribution in [0.15, 0.2) is 48.6 Å². The Hall–Kier alpha value is -2.15. The van der Waals surface area contributed by atoms with Gasteiger partial charge in [0.15, 0.2) is 0 Å². The number of carbonyl (C=O) groups excluding carboxylic acids is 3. The van der Waals surface area contributed by atoms with E-state index < -0.39 is 0 Å². The van der Waals surface area contributed by atoms with Gasteiger partial charge in [-0.05, 0) is 89.9 Å². The van der Waals surface area contributed by atoms with Crippen LogP contribution < -0.4 is 0 Å². The summed E-state index contributed by atoms with van der Waals surface area (Å²) in [7, 11) is 0. The van der Waals surface area contributed by atoms with Gasteiger partial charge in [-0.3, -0.25) is 14.4 Å². The van der Waals surface area contributed by atoms with Gasteiger partial charge in [0.2, 0.25) is 0 Å². The number of hydrogen-bond donors (Lipinski definition) is 0. The smallest absolute Gasteiger partial charge is 0.305 e. The van der Waals surface area contributed by atoms with E-state index >= 15 is 0 Å². The third-order valence-electron chi connectivity index (χ3n) is 9.62. The maximum atomic E-state index is 12.5. The van der Waals surface area contributed by atoms with Crippen LogP contribution >= 0.6 is 15.9 Å². The maximum absolute atomic E-state index is 12.5. The van der Waals surface area contributed by atoms with E-state index in [9.17, 15) is 14.4 Å². The summed E-state index contributed by atoms with van der Waals surface area (Å²) < 4.78 is 16.7. The zero-order valence-electron chi connectivity index (χ0n) is 35.6. The van der Waals surface area contributed by atoms with Crippen LogP contribution in [0, 0.1) is 5.92 Å². The van der Waals surface area contributed by atoms with Crippen LogP contribution in [0.25, 0.3) is 0 Å². The molecule has 0 radical (unpaired) electrons. The molecule has 0 heterocycles. The SMILES string of the molecule is CCCCC/C=C\C/C=C\CCCCCCCC(=O)OCC(COC(=O)CCCCCCCBr)COC(=O)CCCCCCC/C=C\C/C=C\CCCCC. The summed E-state index contributed by atoms with van der Waals surface area (Å²) in [6, 6.07) is 0. The standard InChI is InChI=1S/C48H83BrO6/c1-3-5-7-9-11-13-15-17-19-21-23-25-27-30-34-38-46(50)53-42-45(44-55-48(52)40-36-32-29-33-37-41-49)43-54-47(51)39-35-31-28-26-24-22-20-18-16-14-12-10-8-6-4-2/h11-14,17-20,45H,3-10,15-16,21-44H2,1-2H3/b13-11-,14-12-,19-17-,20-18-. The molecule has 0 aromatic heterocycles. The van der Waals surface area contributed by atoms with Crippen LogP contribution in [-0.4, -0.2) is 43.1 Å². The minimum absolute atomic E-state index is 0.0793. The topological polar surface area (TPSA) is 78.9 Å². The highest BCUT2D eigenvalue weighted by Gasteiger charge is 2.18. The predicted molar refractivity (Wildman–Crippen MR) is 237 cm³/mol. The van der Waals surface area contributed by atoms with Crippen molar-refractivity contribution in [3.05, 3.63) is 48.6 Å². The fourth-order valence-electron chi connectivity index (χ4n) is 6.05. The van der Waals surface area contributed by atoms with Gasteiger partial charge in [-0.15, -0.1) is 0 Å². The number of halogens is 1. The summed E-state index contributed by atoms with van der Waals surface area (Å²) in [5.74, 6) is -1.12. The fraction of sp³-hybridized carbons (Fsp3) is 0.771. The molecule has 0 aliphatic heterocycles. The molecule has 55 heavy (non-hydrogen) atoms. The first-order chi connectivity index (χ1) is 27.0. The van der Waals surface area contributed by atoms with Gasteiger partial charge in [-0.2, -0.15) is 0 Å². The minimum atomic E-state index is -0.370. The van der Waals surface area contributed by atoms with Crippen LogP contribution in [0.3, 0.4) is 0 Å². The molecule has 0 atom stereocenters. The van der Waals surface area contributed by atoms with Gasteiger partial charge in [-0.25, -0.2) is 0 Å². The minimum Gasteiger partial charge on any atom is -0.465 e. The van der Waals surface area contributed by atoms with E-state index in [-0.39, 0.29) is 43.6 Å². The molecule has 0 rings (SSSR count). The number of unbranched alkanes of at least 4 members (excludes halogenated alkanes) is 20. The number of rotatable bonds is 41. The summed E-state index contributed by atoms with van der Waals surface area (Å²) >= 11 is 3.45. The summed E-state index contributed by atoms with van der Waals surface area (Å²) in [5.41, 5.74) is 0. The van der Waals surface area contributed by atoms with Gasteiger partial charge in [-0.1, -0.05) is 162 Å². The highest BCUT2D eigenvalue weighted by Crippen LogP contribution is 2.13. The third-order valence-corrected chi connectivity index (χ3v) is 10.2. The van der Waals surface area contributed by atoms with E-state index in [4.69, 9.17) is 14.2 Å². The Kier molecular flexibility index (Phi) is 42.8. The lowest BCUT2D eigenvalue weighted by molar-refractivity contribution is -0.153. The molecule has 0 amide bonds. The highest BCUT2D eigenvalue weighted by molar-refractivity contribution is 9.09. The molecule has 0 fully saturated rings. The average molecular weight is 836 g/mol. The average Bonchev–Trinajstić information content (AvgIpc) is 3.18. The van der Waals surface area contributed by atoms with E-state index in [1.54, 1.807) is 0 Å². The number of hydrogen-bond acceptors (Lipinski definition) is 6. The van der Waals surface area contributed by atoms with E-state index in [0.717, 1.165) is 114 Å². The first kappa shape index (κ1) is 52.9. The molecule has 318 valence electrons. The molecule has 6 nitrogen and oxygen atoms in total. The van der Waals surface area contributed by atoms with Crippen molar-refractivity contribution in [2.75, 3.05) is 25.2 Å². The maximum Gasteiger partial charge on any atom is 0.305 e. The molecule has 0 N–H and O–H groups in total. The quantitative estimate of drug-likeness (QED) is 0.0201. The highest BCUT2D eigenvalue weighted by atomic mass is 79.9. The van der Waals surface area contributed by atoms with Gasteiger partial charge < -0.3 is 14.2 Å². The van der Waals surface area contributed by atoms with Crippen molar-refractivity contribution in [1.29, 1.82) is 0 Å². The summed E-state index contributed by atoms with van der Waals surface area (Å²) in [6.45, 7) is 4.71. The third kappa shape index (κ3) is 42.8. The van der Waals surface area contributed by atoms with Crippen molar-refractivity contribution in [3.8, 4) is 0 Å². The molecule has 7 heteroatoms. The van der Waals surface area contributed by atoms with Crippen LogP contribution in [0.2, 0.25) is 0 Å². The van der Waals surface area contributed by atoms with E-state index in [0.29, 0.717) is 19.3 Å². The molecule has 0 aromatic rings. The second-order valence-corrected chi connectivity index (χ2v) is 15.9. The predicted octanol–water partition coefficient (Wildman–Crippen LogP) is 14.6. The zero-order chi connectivity index (χ0) is 40.1. The lowest BCUT2D eigenvalue weighted by Gasteiger charge is -2.17. The van der Waals surface area contributed by atoms with E-state index in [1.807, 2.05) is 0 Å². The van der Waals surface area contributed by atoms with Crippen molar-refractivity contribution in [3.63, 3.8) is 0 Å². The Morgan fingerprint density at radius 1 is 0.400 bits per heavy atom. The van der Waals surface area contributed by atoms with Crippen molar-refractivity contribution in [2.45, 2.75) is 206 Å². The first-order valence-corrected chi connectivity index (χ1v) is 23.8. The molecular weight excluding hydrogens is 752 g/mol. The van der Waals surface area contributed by atoms with E-state index in [2.05, 4.69) is 78.4 Å². The molecule has 0 saturated carbocycles. The van der Waals surface area contributed by atoms with Crippen molar-refractivity contribution in [1.82, 2.24) is 0 Å². The van der Waals surface area contributed by atoms with Gasteiger partial charge >= 0.3 is 17.9 Å². The number of alkyl halides is 1. The molecular formula is C48H83BrO6. The Morgan fingerprint density at radius 2 is 0.691 bits per heavy atom. The largest absolute Gasteiger partial charge is 0.465 e. The zero-order valence-corrected chi connectivity index (χ0v) is 37.2. The van der Waals surface area contributed by atoms with Crippen LogP contribution in [0.5, 0.6) is 0 Å². The molecule has 0 aliphatic rings. The van der Waals surface area contributed by atoms with E-state index in [1.165, 1.54) is 64.2 Å². The first-order valence-electron chi connectivity index (χ1n) is 22.7. The Labute approximate surface area is 347 Å². The van der Waals surface area contributed by atoms with Crippen molar-refractivity contribution < 1.29 is 28.6 Å². The van der Waals surface area contributed by atoms with Gasteiger partial charge in [0.1, 0.15) is 19.8 Å². The molecule has 0 spiro atoms.